The van der Waals surface area contributed by atoms with Crippen LogP contribution in [0.15, 0.2) is 121 Å². The van der Waals surface area contributed by atoms with Gasteiger partial charge in [0.1, 0.15) is 0 Å². The summed E-state index contributed by atoms with van der Waals surface area (Å²) in [5.41, 5.74) is 23.3. The Hall–Kier alpha value is -3.52. The third-order valence-corrected chi connectivity index (χ3v) is 64.3. The summed E-state index contributed by atoms with van der Waals surface area (Å²) < 4.78 is -0.170. The van der Waals surface area contributed by atoms with Crippen LogP contribution in [0, 0.1) is 27.7 Å². The summed E-state index contributed by atoms with van der Waals surface area (Å²) in [6.45, 7) is 18.3. The zero-order valence-corrected chi connectivity index (χ0v) is 39.2. The molecule has 0 bridgehead atoms. The van der Waals surface area contributed by atoms with Crippen LogP contribution in [0.25, 0.3) is 45.6 Å². The van der Waals surface area contributed by atoms with Crippen LogP contribution in [0.4, 0.5) is 0 Å². The third-order valence-electron chi connectivity index (χ3n) is 12.8. The Morgan fingerprint density at radius 1 is 0.482 bits per heavy atom. The normalized spacial score (nSPS) is 16.9. The molecule has 0 fully saturated rings. The average Bonchev–Trinajstić information content (AvgIpc) is 3.78. The molecular formula is C52H53Cl2SiZr. The van der Waals surface area contributed by atoms with Gasteiger partial charge in [0.15, 0.2) is 0 Å². The molecule has 2 aliphatic carbocycles. The van der Waals surface area contributed by atoms with Gasteiger partial charge in [-0.1, -0.05) is 0 Å². The summed E-state index contributed by atoms with van der Waals surface area (Å²) >= 11 is -5.25. The third kappa shape index (κ3) is 6.44. The standard InChI is InChI=1S/2C25H23.C2H7Si.2ClH.Zr/c2*1-4-19-10-11-21-15-22(20-8-6-5-7-9-20)16-24(21)25(19)23-13-17(2)12-18(3)14-23;1-3-2;;;/h2*5-16H,4H2,1-3H3;3H,1-2H3;2*1H;/q;;;;;+2/p-2. The molecule has 0 aliphatic heterocycles. The fourth-order valence-corrected chi connectivity index (χ4v) is 40.4. The van der Waals surface area contributed by atoms with Gasteiger partial charge in [-0.2, -0.15) is 0 Å². The zero-order chi connectivity index (χ0) is 39.5. The first kappa shape index (κ1) is 39.3. The van der Waals surface area contributed by atoms with Crippen molar-refractivity contribution in [3.63, 3.8) is 0 Å². The number of allylic oxidation sites excluding steroid dienone is 2. The Balaban J connectivity index is 1.47. The number of fused-ring (bicyclic) bond motifs is 2. The minimum atomic E-state index is -5.25. The van der Waals surface area contributed by atoms with Gasteiger partial charge in [0.25, 0.3) is 0 Å². The number of halogens is 2. The van der Waals surface area contributed by atoms with Gasteiger partial charge >= 0.3 is 347 Å². The molecule has 283 valence electrons. The van der Waals surface area contributed by atoms with Crippen molar-refractivity contribution in [3.8, 4) is 22.3 Å². The number of hydrogen-bond acceptors (Lipinski definition) is 0. The monoisotopic (exact) mass is 865 g/mol. The molecule has 0 aromatic heterocycles. The van der Waals surface area contributed by atoms with Gasteiger partial charge < -0.3 is 0 Å². The van der Waals surface area contributed by atoms with Gasteiger partial charge in [0, 0.05) is 0 Å². The molecule has 0 saturated heterocycles. The summed E-state index contributed by atoms with van der Waals surface area (Å²) in [4.78, 5) is 0. The average molecular weight is 868 g/mol. The molecule has 0 spiro atoms. The Morgan fingerprint density at radius 3 is 1.16 bits per heavy atom. The van der Waals surface area contributed by atoms with Crippen molar-refractivity contribution in [2.75, 3.05) is 0 Å². The van der Waals surface area contributed by atoms with E-state index in [0.717, 1.165) is 12.8 Å². The molecule has 2 atom stereocenters. The van der Waals surface area contributed by atoms with Crippen molar-refractivity contribution < 1.29 is 15.6 Å². The van der Waals surface area contributed by atoms with Crippen molar-refractivity contribution in [2.24, 2.45) is 0 Å². The molecule has 6 aromatic carbocycles. The molecule has 2 aliphatic rings. The fourth-order valence-electron chi connectivity index (χ4n) is 10.3. The summed E-state index contributed by atoms with van der Waals surface area (Å²) in [5.74, 6) is -1.86. The predicted octanol–water partition coefficient (Wildman–Crippen LogP) is 15.3. The molecule has 0 N–H and O–H groups in total. The minimum absolute atomic E-state index is 0.0852. The van der Waals surface area contributed by atoms with Crippen molar-refractivity contribution in [2.45, 2.75) is 74.7 Å². The SMILES string of the molecule is CCc1ccc2c(c1-c1cc(C)cc(C)c1)C=C(c1ccccc1)[CH]2[Zr]([Cl])([Cl])([CH]1C(c2ccccc2)=Cc2c1ccc(CC)c2-c1cc(C)cc(C)c1)[SiH](C)C. The second-order valence-electron chi connectivity index (χ2n) is 16.8. The Kier molecular flexibility index (Phi) is 10.5. The van der Waals surface area contributed by atoms with Gasteiger partial charge in [-0.3, -0.25) is 0 Å². The number of rotatable bonds is 9. The van der Waals surface area contributed by atoms with E-state index >= 15 is 0 Å². The van der Waals surface area contributed by atoms with Crippen LogP contribution in [0.1, 0.15) is 87.9 Å². The van der Waals surface area contributed by atoms with Crippen LogP contribution in [-0.2, 0) is 28.4 Å². The van der Waals surface area contributed by atoms with Crippen LogP contribution in [0.3, 0.4) is 0 Å². The summed E-state index contributed by atoms with van der Waals surface area (Å²) in [6.07, 6.45) is 6.89. The molecule has 56 heavy (non-hydrogen) atoms. The molecular weight excluding hydrogens is 815 g/mol. The van der Waals surface area contributed by atoms with Crippen LogP contribution >= 0.6 is 17.0 Å². The molecule has 8 rings (SSSR count). The van der Waals surface area contributed by atoms with Crippen LogP contribution < -0.4 is 0 Å². The molecule has 0 nitrogen and oxygen atoms in total. The van der Waals surface area contributed by atoms with Crippen LogP contribution in [0.5, 0.6) is 0 Å². The van der Waals surface area contributed by atoms with Gasteiger partial charge in [-0.25, -0.2) is 0 Å². The van der Waals surface area contributed by atoms with E-state index < -0.39 is 21.5 Å². The van der Waals surface area contributed by atoms with Crippen molar-refractivity contribution >= 4 is 46.2 Å². The first-order chi connectivity index (χ1) is 26.8. The number of aryl methyl sites for hydroxylation is 6. The van der Waals surface area contributed by atoms with Gasteiger partial charge in [0.2, 0.25) is 0 Å². The molecule has 0 radical (unpaired) electrons. The van der Waals surface area contributed by atoms with E-state index in [4.69, 9.17) is 17.0 Å². The first-order valence-electron chi connectivity index (χ1n) is 20.4. The second kappa shape index (κ2) is 15.0. The van der Waals surface area contributed by atoms with Crippen molar-refractivity contribution in [1.82, 2.24) is 0 Å². The van der Waals surface area contributed by atoms with E-state index in [0.29, 0.717) is 0 Å². The quantitative estimate of drug-likeness (QED) is 0.127. The van der Waals surface area contributed by atoms with Gasteiger partial charge in [-0.05, 0) is 0 Å². The molecule has 0 heterocycles. The number of hydrogen-bond donors (Lipinski definition) is 0. The Bertz CT molecular complexity index is 2350. The molecule has 2 unspecified atom stereocenters. The first-order valence-corrected chi connectivity index (χ1v) is 36.7. The van der Waals surface area contributed by atoms with E-state index in [1.807, 2.05) is 0 Å². The Labute approximate surface area is 344 Å². The van der Waals surface area contributed by atoms with E-state index in [1.54, 1.807) is 0 Å². The van der Waals surface area contributed by atoms with Crippen molar-refractivity contribution in [3.05, 3.63) is 188 Å². The summed E-state index contributed by atoms with van der Waals surface area (Å²) in [5, 5.41) is 0. The van der Waals surface area contributed by atoms with Crippen LogP contribution in [-0.4, -0.2) is 5.92 Å². The van der Waals surface area contributed by atoms with E-state index in [-0.39, 0.29) is 7.25 Å². The summed E-state index contributed by atoms with van der Waals surface area (Å²) in [7, 11) is 18.2. The predicted molar refractivity (Wildman–Crippen MR) is 246 cm³/mol. The molecule has 6 aromatic rings. The van der Waals surface area contributed by atoms with Gasteiger partial charge in [-0.15, -0.1) is 0 Å². The number of benzene rings is 6. The van der Waals surface area contributed by atoms with Crippen LogP contribution in [0.2, 0.25) is 13.1 Å². The molecule has 4 heteroatoms. The van der Waals surface area contributed by atoms with E-state index in [2.05, 4.69) is 188 Å². The zero-order valence-electron chi connectivity index (χ0n) is 34.1. The van der Waals surface area contributed by atoms with Gasteiger partial charge in [0.05, 0.1) is 0 Å². The topological polar surface area (TPSA) is 0 Å². The maximum absolute atomic E-state index is 9.09. The Morgan fingerprint density at radius 2 is 0.839 bits per heavy atom. The van der Waals surface area contributed by atoms with E-state index in [9.17, 15) is 0 Å². The van der Waals surface area contributed by atoms with Crippen molar-refractivity contribution in [1.29, 1.82) is 0 Å². The molecule has 0 amide bonds. The summed E-state index contributed by atoms with van der Waals surface area (Å²) in [6, 6.07) is 45.6. The molecule has 0 saturated carbocycles. The van der Waals surface area contributed by atoms with E-state index in [1.165, 1.54) is 100 Å². The second-order valence-corrected chi connectivity index (χ2v) is 59.4. The maximum atomic E-state index is 9.09. The fraction of sp³-hybridized carbons (Fsp3) is 0.231.